The summed E-state index contributed by atoms with van der Waals surface area (Å²) in [5.41, 5.74) is 7.03. The van der Waals surface area contributed by atoms with Crippen molar-refractivity contribution < 1.29 is 9.15 Å². The van der Waals surface area contributed by atoms with Crippen LogP contribution in [0.2, 0.25) is 0 Å². The fourth-order valence-corrected chi connectivity index (χ4v) is 2.93. The van der Waals surface area contributed by atoms with Crippen LogP contribution in [0.15, 0.2) is 28.7 Å². The van der Waals surface area contributed by atoms with Crippen LogP contribution in [0.4, 0.5) is 0 Å². The van der Waals surface area contributed by atoms with Crippen molar-refractivity contribution in [1.29, 1.82) is 0 Å². The van der Waals surface area contributed by atoms with Gasteiger partial charge in [0.2, 0.25) is 0 Å². The summed E-state index contributed by atoms with van der Waals surface area (Å²) in [5.74, 6) is 1.87. The van der Waals surface area contributed by atoms with Gasteiger partial charge >= 0.3 is 0 Å². The summed E-state index contributed by atoms with van der Waals surface area (Å²) < 4.78 is 11.1. The Bertz CT molecular complexity index is 608. The van der Waals surface area contributed by atoms with E-state index in [-0.39, 0.29) is 5.41 Å². The lowest BCUT2D eigenvalue weighted by Crippen LogP contribution is -2.31. The number of furan rings is 1. The maximum atomic E-state index is 5.90. The van der Waals surface area contributed by atoms with E-state index in [0.717, 1.165) is 55.1 Å². The van der Waals surface area contributed by atoms with Gasteiger partial charge in [-0.2, -0.15) is 0 Å². The van der Waals surface area contributed by atoms with Crippen molar-refractivity contribution in [2.45, 2.75) is 19.9 Å². The molecule has 1 saturated heterocycles. The molecule has 1 atom stereocenters. The molecule has 0 bridgehead atoms. The van der Waals surface area contributed by atoms with Gasteiger partial charge in [-0.15, -0.1) is 0 Å². The van der Waals surface area contributed by atoms with Crippen molar-refractivity contribution in [3.05, 3.63) is 30.0 Å². The Labute approximate surface area is 119 Å². The van der Waals surface area contributed by atoms with Crippen LogP contribution in [0.3, 0.4) is 0 Å². The van der Waals surface area contributed by atoms with E-state index in [1.807, 2.05) is 18.2 Å². The highest BCUT2D eigenvalue weighted by atomic mass is 16.5. The Morgan fingerprint density at radius 3 is 2.95 bits per heavy atom. The molecule has 20 heavy (non-hydrogen) atoms. The van der Waals surface area contributed by atoms with Gasteiger partial charge in [0.25, 0.3) is 0 Å². The lowest BCUT2D eigenvalue weighted by Gasteiger charge is -2.21. The molecule has 1 aromatic heterocycles. The molecule has 1 unspecified atom stereocenters. The van der Waals surface area contributed by atoms with Crippen molar-refractivity contribution in [3.63, 3.8) is 0 Å². The number of nitrogens with two attached hydrogens (primary N) is 1. The van der Waals surface area contributed by atoms with E-state index < -0.39 is 0 Å². The molecule has 0 amide bonds. The van der Waals surface area contributed by atoms with Crippen molar-refractivity contribution in [2.75, 3.05) is 26.7 Å². The summed E-state index contributed by atoms with van der Waals surface area (Å²) in [7, 11) is 1.68. The minimum atomic E-state index is 0.259. The van der Waals surface area contributed by atoms with Crippen LogP contribution >= 0.6 is 0 Å². The number of hydrogen-bond acceptors (Lipinski definition) is 4. The van der Waals surface area contributed by atoms with E-state index in [1.54, 1.807) is 7.11 Å². The Balaban J connectivity index is 1.75. The minimum absolute atomic E-state index is 0.259. The quantitative estimate of drug-likeness (QED) is 0.931. The predicted molar refractivity (Wildman–Crippen MR) is 79.8 cm³/mol. The second-order valence-corrected chi connectivity index (χ2v) is 6.09. The Hall–Kier alpha value is -1.52. The van der Waals surface area contributed by atoms with Gasteiger partial charge in [0, 0.05) is 11.9 Å². The molecular formula is C16H22N2O2. The molecule has 1 aliphatic heterocycles. The number of rotatable bonds is 4. The van der Waals surface area contributed by atoms with Crippen LogP contribution in [-0.4, -0.2) is 31.6 Å². The molecule has 108 valence electrons. The Morgan fingerprint density at radius 2 is 2.25 bits per heavy atom. The van der Waals surface area contributed by atoms with Gasteiger partial charge in [-0.25, -0.2) is 0 Å². The van der Waals surface area contributed by atoms with Crippen LogP contribution in [0, 0.1) is 5.41 Å². The fraction of sp³-hybridized carbons (Fsp3) is 0.500. The number of nitrogens with zero attached hydrogens (tertiary/aromatic N) is 1. The molecule has 4 nitrogen and oxygen atoms in total. The molecule has 2 N–H and O–H groups in total. The fourth-order valence-electron chi connectivity index (χ4n) is 2.93. The maximum absolute atomic E-state index is 5.90. The van der Waals surface area contributed by atoms with Crippen LogP contribution in [-0.2, 0) is 6.54 Å². The van der Waals surface area contributed by atoms with Crippen LogP contribution in [0.1, 0.15) is 19.1 Å². The smallest absolute Gasteiger partial charge is 0.134 e. The van der Waals surface area contributed by atoms with Crippen molar-refractivity contribution in [2.24, 2.45) is 11.1 Å². The molecule has 1 aromatic carbocycles. The normalized spacial score (nSPS) is 23.6. The van der Waals surface area contributed by atoms with E-state index in [4.69, 9.17) is 14.9 Å². The average molecular weight is 274 g/mol. The zero-order valence-electron chi connectivity index (χ0n) is 12.2. The van der Waals surface area contributed by atoms with Crippen LogP contribution < -0.4 is 10.5 Å². The van der Waals surface area contributed by atoms with E-state index in [1.165, 1.54) is 0 Å². The third kappa shape index (κ3) is 2.53. The van der Waals surface area contributed by atoms with Gasteiger partial charge in [-0.05, 0) is 49.2 Å². The van der Waals surface area contributed by atoms with Crippen LogP contribution in [0.25, 0.3) is 11.0 Å². The first-order chi connectivity index (χ1) is 9.62. The number of benzene rings is 1. The van der Waals surface area contributed by atoms with Gasteiger partial charge < -0.3 is 14.9 Å². The summed E-state index contributed by atoms with van der Waals surface area (Å²) in [4.78, 5) is 2.42. The second-order valence-electron chi connectivity index (χ2n) is 6.09. The first kappa shape index (κ1) is 13.5. The minimum Gasteiger partial charge on any atom is -0.497 e. The van der Waals surface area contributed by atoms with E-state index in [9.17, 15) is 0 Å². The molecule has 3 rings (SSSR count). The SMILES string of the molecule is COc1ccc2oc(CN3CCC(C)(CN)C3)cc2c1. The highest BCUT2D eigenvalue weighted by Gasteiger charge is 2.32. The lowest BCUT2D eigenvalue weighted by atomic mass is 9.90. The number of hydrogen-bond donors (Lipinski definition) is 1. The zero-order chi connectivity index (χ0) is 14.2. The largest absolute Gasteiger partial charge is 0.497 e. The topological polar surface area (TPSA) is 51.6 Å². The van der Waals surface area contributed by atoms with Gasteiger partial charge in [0.15, 0.2) is 0 Å². The summed E-state index contributed by atoms with van der Waals surface area (Å²) in [6.45, 7) is 6.00. The second kappa shape index (κ2) is 5.11. The number of likely N-dealkylation sites (tertiary alicyclic amines) is 1. The van der Waals surface area contributed by atoms with Crippen molar-refractivity contribution in [1.82, 2.24) is 4.90 Å². The highest BCUT2D eigenvalue weighted by Crippen LogP contribution is 2.31. The van der Waals surface area contributed by atoms with E-state index in [0.29, 0.717) is 0 Å². The van der Waals surface area contributed by atoms with E-state index in [2.05, 4.69) is 17.9 Å². The molecule has 0 radical (unpaired) electrons. The third-order valence-electron chi connectivity index (χ3n) is 4.28. The number of fused-ring (bicyclic) bond motifs is 1. The standard InChI is InChI=1S/C16H22N2O2/c1-16(10-17)5-6-18(11-16)9-14-8-12-7-13(19-2)3-4-15(12)20-14/h3-4,7-8H,5-6,9-11,17H2,1-2H3. The van der Waals surface area contributed by atoms with Crippen molar-refractivity contribution in [3.8, 4) is 5.75 Å². The summed E-state index contributed by atoms with van der Waals surface area (Å²) in [6.07, 6.45) is 1.16. The van der Waals surface area contributed by atoms with Crippen molar-refractivity contribution >= 4 is 11.0 Å². The monoisotopic (exact) mass is 274 g/mol. The molecule has 2 heterocycles. The summed E-state index contributed by atoms with van der Waals surface area (Å²) >= 11 is 0. The molecule has 2 aromatic rings. The molecule has 4 heteroatoms. The molecular weight excluding hydrogens is 252 g/mol. The highest BCUT2D eigenvalue weighted by molar-refractivity contribution is 5.79. The molecule has 0 saturated carbocycles. The molecule has 1 fully saturated rings. The van der Waals surface area contributed by atoms with Gasteiger partial charge in [-0.3, -0.25) is 4.90 Å². The van der Waals surface area contributed by atoms with Gasteiger partial charge in [-0.1, -0.05) is 6.92 Å². The summed E-state index contributed by atoms with van der Waals surface area (Å²) in [6, 6.07) is 8.01. The molecule has 1 aliphatic rings. The molecule has 0 spiro atoms. The van der Waals surface area contributed by atoms with Crippen LogP contribution in [0.5, 0.6) is 5.75 Å². The Morgan fingerprint density at radius 1 is 1.40 bits per heavy atom. The first-order valence-corrected chi connectivity index (χ1v) is 7.11. The number of methoxy groups -OCH3 is 1. The van der Waals surface area contributed by atoms with Gasteiger partial charge in [0.05, 0.1) is 13.7 Å². The lowest BCUT2D eigenvalue weighted by molar-refractivity contribution is 0.258. The van der Waals surface area contributed by atoms with Gasteiger partial charge in [0.1, 0.15) is 17.1 Å². The number of ether oxygens (including phenoxy) is 1. The van der Waals surface area contributed by atoms with E-state index >= 15 is 0 Å². The Kier molecular flexibility index (Phi) is 3.44. The third-order valence-corrected chi connectivity index (χ3v) is 4.28. The average Bonchev–Trinajstić information content (AvgIpc) is 3.02. The molecule has 0 aliphatic carbocycles. The first-order valence-electron chi connectivity index (χ1n) is 7.11. The maximum Gasteiger partial charge on any atom is 0.134 e. The summed E-state index contributed by atoms with van der Waals surface area (Å²) in [5, 5.41) is 1.10. The zero-order valence-corrected chi connectivity index (χ0v) is 12.2. The predicted octanol–water partition coefficient (Wildman–Crippen LogP) is 2.61.